The highest BCUT2D eigenvalue weighted by Crippen LogP contribution is 2.17. The molecule has 1 rings (SSSR count). The minimum Gasteiger partial charge on any atom is -0.489 e. The molecule has 0 aliphatic heterocycles. The van der Waals surface area contributed by atoms with Gasteiger partial charge in [-0.1, -0.05) is 44.7 Å². The molecule has 0 bridgehead atoms. The molecule has 5 nitrogen and oxygen atoms in total. The molecule has 0 aliphatic carbocycles. The monoisotopic (exact) mass is 318 g/mol. The number of likely N-dealkylation sites (N-methyl/N-ethyl adjacent to an activating group) is 1. The first-order chi connectivity index (χ1) is 11.2. The summed E-state index contributed by atoms with van der Waals surface area (Å²) in [6, 6.07) is 8.00. The van der Waals surface area contributed by atoms with Crippen molar-refractivity contribution in [1.82, 2.24) is 15.5 Å². The molecule has 0 saturated carbocycles. The lowest BCUT2D eigenvalue weighted by Gasteiger charge is -2.19. The van der Waals surface area contributed by atoms with E-state index in [1.165, 1.54) is 0 Å². The lowest BCUT2D eigenvalue weighted by molar-refractivity contribution is 0.308. The van der Waals surface area contributed by atoms with Crippen molar-refractivity contribution in [2.24, 2.45) is 4.99 Å². The van der Waals surface area contributed by atoms with Gasteiger partial charge in [0.1, 0.15) is 12.4 Å². The molecule has 0 spiro atoms. The predicted molar refractivity (Wildman–Crippen MR) is 98.1 cm³/mol. The highest BCUT2D eigenvalue weighted by molar-refractivity contribution is 5.79. The molecule has 2 N–H and O–H groups in total. The van der Waals surface area contributed by atoms with Gasteiger partial charge in [0.2, 0.25) is 0 Å². The molecule has 0 radical (unpaired) electrons. The Bertz CT molecular complexity index is 484. The van der Waals surface area contributed by atoms with Gasteiger partial charge in [0, 0.05) is 32.2 Å². The van der Waals surface area contributed by atoms with Crippen LogP contribution in [-0.4, -0.2) is 50.7 Å². The number of aliphatic imine (C=N–C) groups is 1. The van der Waals surface area contributed by atoms with Gasteiger partial charge in [0.05, 0.1) is 0 Å². The average molecular weight is 318 g/mol. The minimum atomic E-state index is 0.508. The first-order valence-corrected chi connectivity index (χ1v) is 8.23. The summed E-state index contributed by atoms with van der Waals surface area (Å²) in [5.41, 5.74) is 1.10. The van der Waals surface area contributed by atoms with Crippen LogP contribution in [0.5, 0.6) is 5.75 Å². The number of ether oxygens (including phenoxy) is 1. The second kappa shape index (κ2) is 11.5. The van der Waals surface area contributed by atoms with E-state index >= 15 is 0 Å². The number of hydrogen-bond donors (Lipinski definition) is 2. The van der Waals surface area contributed by atoms with Gasteiger partial charge in [-0.3, -0.25) is 4.99 Å². The van der Waals surface area contributed by atoms with E-state index < -0.39 is 0 Å². The van der Waals surface area contributed by atoms with E-state index in [1.807, 2.05) is 18.2 Å². The topological polar surface area (TPSA) is 48.9 Å². The maximum atomic E-state index is 5.67. The van der Waals surface area contributed by atoms with Gasteiger partial charge < -0.3 is 20.3 Å². The molecule has 23 heavy (non-hydrogen) atoms. The van der Waals surface area contributed by atoms with Crippen molar-refractivity contribution in [2.75, 3.05) is 39.8 Å². The molecular weight excluding hydrogens is 288 g/mol. The molecule has 0 saturated heterocycles. The number of para-hydroxylation sites is 1. The summed E-state index contributed by atoms with van der Waals surface area (Å²) in [5, 5.41) is 6.67. The van der Waals surface area contributed by atoms with Crippen molar-refractivity contribution in [3.8, 4) is 5.75 Å². The molecule has 0 heterocycles. The summed E-state index contributed by atoms with van der Waals surface area (Å²) in [5.74, 6) is 1.68. The molecular formula is C18H30N4O. The van der Waals surface area contributed by atoms with Gasteiger partial charge in [-0.2, -0.15) is 0 Å². The standard InChI is InChI=1S/C18H30N4O/c1-5-14-23-17-11-9-8-10-16(17)15-21-18(19-4)20-12-13-22(6-2)7-3/h5,8-11H,1,6-7,12-15H2,2-4H3,(H2,19,20,21). The maximum Gasteiger partial charge on any atom is 0.191 e. The first-order valence-electron chi connectivity index (χ1n) is 8.23. The molecule has 0 aromatic heterocycles. The predicted octanol–water partition coefficient (Wildman–Crippen LogP) is 2.26. The third-order valence-electron chi connectivity index (χ3n) is 3.61. The van der Waals surface area contributed by atoms with Crippen molar-refractivity contribution in [2.45, 2.75) is 20.4 Å². The third kappa shape index (κ3) is 7.19. The summed E-state index contributed by atoms with van der Waals surface area (Å²) in [6.07, 6.45) is 1.75. The van der Waals surface area contributed by atoms with Crippen LogP contribution >= 0.6 is 0 Å². The van der Waals surface area contributed by atoms with Crippen LogP contribution in [0.4, 0.5) is 0 Å². The van der Waals surface area contributed by atoms with Crippen molar-refractivity contribution in [3.05, 3.63) is 42.5 Å². The minimum absolute atomic E-state index is 0.508. The number of nitrogens with zero attached hydrogens (tertiary/aromatic N) is 2. The van der Waals surface area contributed by atoms with Crippen LogP contribution in [-0.2, 0) is 6.54 Å². The van der Waals surface area contributed by atoms with Crippen LogP contribution < -0.4 is 15.4 Å². The molecule has 0 unspecified atom stereocenters. The lowest BCUT2D eigenvalue weighted by atomic mass is 10.2. The molecule has 5 heteroatoms. The Hall–Kier alpha value is -2.01. The summed E-state index contributed by atoms with van der Waals surface area (Å²) in [7, 11) is 1.78. The Balaban J connectivity index is 2.47. The molecule has 1 aromatic carbocycles. The van der Waals surface area contributed by atoms with E-state index in [4.69, 9.17) is 4.74 Å². The number of nitrogens with one attached hydrogen (secondary N) is 2. The number of rotatable bonds is 10. The molecule has 0 fully saturated rings. The SMILES string of the molecule is C=CCOc1ccccc1CNC(=NC)NCCN(CC)CC. The normalized spacial score (nSPS) is 11.4. The first kappa shape index (κ1) is 19.0. The van der Waals surface area contributed by atoms with Crippen LogP contribution in [0.3, 0.4) is 0 Å². The van der Waals surface area contributed by atoms with Crippen molar-refractivity contribution < 1.29 is 4.74 Å². The van der Waals surface area contributed by atoms with Gasteiger partial charge in [0.15, 0.2) is 5.96 Å². The average Bonchev–Trinajstić information content (AvgIpc) is 2.60. The quantitative estimate of drug-likeness (QED) is 0.395. The fourth-order valence-electron chi connectivity index (χ4n) is 2.21. The summed E-state index contributed by atoms with van der Waals surface area (Å²) in [4.78, 5) is 6.64. The van der Waals surface area contributed by atoms with E-state index in [1.54, 1.807) is 13.1 Å². The van der Waals surface area contributed by atoms with Gasteiger partial charge in [-0.25, -0.2) is 0 Å². The smallest absolute Gasteiger partial charge is 0.191 e. The van der Waals surface area contributed by atoms with Crippen LogP contribution in [0.25, 0.3) is 0 Å². The largest absolute Gasteiger partial charge is 0.489 e. The summed E-state index contributed by atoms with van der Waals surface area (Å²) < 4.78 is 5.67. The number of guanidine groups is 1. The Kier molecular flexibility index (Phi) is 9.55. The lowest BCUT2D eigenvalue weighted by Crippen LogP contribution is -2.41. The highest BCUT2D eigenvalue weighted by atomic mass is 16.5. The Labute approximate surface area is 140 Å². The second-order valence-electron chi connectivity index (χ2n) is 5.09. The third-order valence-corrected chi connectivity index (χ3v) is 3.61. The van der Waals surface area contributed by atoms with E-state index in [0.29, 0.717) is 13.2 Å². The van der Waals surface area contributed by atoms with Crippen molar-refractivity contribution >= 4 is 5.96 Å². The van der Waals surface area contributed by atoms with Gasteiger partial charge in [-0.05, 0) is 19.2 Å². The zero-order valence-electron chi connectivity index (χ0n) is 14.6. The fraction of sp³-hybridized carbons (Fsp3) is 0.500. The zero-order valence-corrected chi connectivity index (χ0v) is 14.6. The van der Waals surface area contributed by atoms with Crippen LogP contribution in [0.2, 0.25) is 0 Å². The van der Waals surface area contributed by atoms with Crippen molar-refractivity contribution in [1.29, 1.82) is 0 Å². The molecule has 1 aromatic rings. The van der Waals surface area contributed by atoms with Gasteiger partial charge in [-0.15, -0.1) is 0 Å². The molecule has 0 amide bonds. The Morgan fingerprint density at radius 3 is 2.65 bits per heavy atom. The molecule has 128 valence electrons. The van der Waals surface area contributed by atoms with E-state index in [2.05, 4.69) is 47.0 Å². The number of benzene rings is 1. The van der Waals surface area contributed by atoms with E-state index in [0.717, 1.165) is 43.5 Å². The maximum absolute atomic E-state index is 5.67. The van der Waals surface area contributed by atoms with Crippen LogP contribution in [0, 0.1) is 0 Å². The Morgan fingerprint density at radius 1 is 1.26 bits per heavy atom. The van der Waals surface area contributed by atoms with E-state index in [9.17, 15) is 0 Å². The highest BCUT2D eigenvalue weighted by Gasteiger charge is 2.04. The van der Waals surface area contributed by atoms with E-state index in [-0.39, 0.29) is 0 Å². The summed E-state index contributed by atoms with van der Waals surface area (Å²) in [6.45, 7) is 13.2. The van der Waals surface area contributed by atoms with Crippen LogP contribution in [0.1, 0.15) is 19.4 Å². The number of hydrogen-bond acceptors (Lipinski definition) is 3. The fourth-order valence-corrected chi connectivity index (χ4v) is 2.21. The van der Waals surface area contributed by atoms with Gasteiger partial charge >= 0.3 is 0 Å². The zero-order chi connectivity index (χ0) is 16.9. The van der Waals surface area contributed by atoms with Gasteiger partial charge in [0.25, 0.3) is 0 Å². The molecule has 0 aliphatic rings. The Morgan fingerprint density at radius 2 is 2.00 bits per heavy atom. The second-order valence-corrected chi connectivity index (χ2v) is 5.09. The van der Waals surface area contributed by atoms with Crippen LogP contribution in [0.15, 0.2) is 41.9 Å². The van der Waals surface area contributed by atoms with Crippen molar-refractivity contribution in [3.63, 3.8) is 0 Å². The summed E-state index contributed by atoms with van der Waals surface area (Å²) >= 11 is 0. The molecule has 0 atom stereocenters.